The molecule has 0 bridgehead atoms. The maximum atomic E-state index is 12.7. The molecule has 5 nitrogen and oxygen atoms in total. The molecule has 1 aromatic carbocycles. The lowest BCUT2D eigenvalue weighted by Crippen LogP contribution is -2.28. The van der Waals surface area contributed by atoms with E-state index in [9.17, 15) is 9.59 Å². The Bertz CT molecular complexity index is 603. The SMILES string of the molecule is CCCCOC(=O)C(=CNN(C)C)C(=O)c1cc(I)ccc1Cl. The summed E-state index contributed by atoms with van der Waals surface area (Å²) in [4.78, 5) is 24.9. The van der Waals surface area contributed by atoms with E-state index in [0.717, 1.165) is 16.4 Å². The average molecular weight is 451 g/mol. The van der Waals surface area contributed by atoms with Crippen molar-refractivity contribution in [3.63, 3.8) is 0 Å². The molecule has 126 valence electrons. The van der Waals surface area contributed by atoms with Crippen LogP contribution in [0.25, 0.3) is 0 Å². The quantitative estimate of drug-likeness (QED) is 0.0961. The molecule has 0 radical (unpaired) electrons. The highest BCUT2D eigenvalue weighted by atomic mass is 127. The van der Waals surface area contributed by atoms with Gasteiger partial charge in [0.1, 0.15) is 5.57 Å². The van der Waals surface area contributed by atoms with Gasteiger partial charge in [0, 0.05) is 29.4 Å². The monoisotopic (exact) mass is 450 g/mol. The number of ketones is 1. The van der Waals surface area contributed by atoms with Crippen LogP contribution in [0.5, 0.6) is 0 Å². The molecular weight excluding hydrogens is 431 g/mol. The highest BCUT2D eigenvalue weighted by molar-refractivity contribution is 14.1. The maximum absolute atomic E-state index is 12.7. The molecule has 0 aromatic heterocycles. The zero-order valence-corrected chi connectivity index (χ0v) is 16.3. The summed E-state index contributed by atoms with van der Waals surface area (Å²) >= 11 is 8.18. The number of benzene rings is 1. The molecule has 0 aliphatic rings. The number of carbonyl (C=O) groups excluding carboxylic acids is 2. The Morgan fingerprint density at radius 2 is 2.09 bits per heavy atom. The fourth-order valence-corrected chi connectivity index (χ4v) is 2.31. The number of unbranched alkanes of at least 4 members (excludes halogenated alkanes) is 1. The van der Waals surface area contributed by atoms with E-state index in [-0.39, 0.29) is 17.7 Å². The standard InChI is InChI=1S/C16H20ClIN2O3/c1-4-5-8-23-16(22)13(10-19-20(2)3)15(21)12-9-11(18)6-7-14(12)17/h6-7,9-10,19H,4-5,8H2,1-3H3. The van der Waals surface area contributed by atoms with Crippen LogP contribution in [0.15, 0.2) is 30.0 Å². The predicted molar refractivity (Wildman–Crippen MR) is 99.3 cm³/mol. The van der Waals surface area contributed by atoms with E-state index in [1.165, 1.54) is 6.20 Å². The van der Waals surface area contributed by atoms with Crippen molar-refractivity contribution in [1.29, 1.82) is 0 Å². The summed E-state index contributed by atoms with van der Waals surface area (Å²) < 4.78 is 6.01. The van der Waals surface area contributed by atoms with Gasteiger partial charge in [-0.2, -0.15) is 0 Å². The summed E-state index contributed by atoms with van der Waals surface area (Å²) in [6.45, 7) is 2.27. The number of rotatable bonds is 8. The highest BCUT2D eigenvalue weighted by Crippen LogP contribution is 2.22. The van der Waals surface area contributed by atoms with Gasteiger partial charge in [0.15, 0.2) is 0 Å². The van der Waals surface area contributed by atoms with Crippen molar-refractivity contribution in [3.8, 4) is 0 Å². The molecule has 0 spiro atoms. The van der Waals surface area contributed by atoms with Crippen LogP contribution in [0.3, 0.4) is 0 Å². The number of hydrogen-bond donors (Lipinski definition) is 1. The molecule has 0 atom stereocenters. The van der Waals surface area contributed by atoms with Crippen LogP contribution < -0.4 is 5.43 Å². The minimum Gasteiger partial charge on any atom is -0.462 e. The van der Waals surface area contributed by atoms with Crippen LogP contribution in [0.2, 0.25) is 5.02 Å². The second-order valence-corrected chi connectivity index (χ2v) is 6.68. The van der Waals surface area contributed by atoms with Crippen molar-refractivity contribution in [1.82, 2.24) is 10.4 Å². The summed E-state index contributed by atoms with van der Waals surface area (Å²) in [5.74, 6) is -1.13. The first-order valence-electron chi connectivity index (χ1n) is 7.17. The van der Waals surface area contributed by atoms with Gasteiger partial charge < -0.3 is 10.2 Å². The van der Waals surface area contributed by atoms with E-state index in [0.29, 0.717) is 5.02 Å². The molecule has 0 unspecified atom stereocenters. The van der Waals surface area contributed by atoms with E-state index >= 15 is 0 Å². The molecule has 0 aliphatic carbocycles. The average Bonchev–Trinajstić information content (AvgIpc) is 2.49. The van der Waals surface area contributed by atoms with Gasteiger partial charge in [-0.1, -0.05) is 24.9 Å². The fourth-order valence-electron chi connectivity index (χ4n) is 1.61. The van der Waals surface area contributed by atoms with E-state index in [1.807, 2.05) is 6.92 Å². The normalized spacial score (nSPS) is 11.5. The summed E-state index contributed by atoms with van der Waals surface area (Å²) in [6.07, 6.45) is 2.99. The number of hydrogen-bond acceptors (Lipinski definition) is 5. The molecule has 0 fully saturated rings. The molecule has 0 heterocycles. The number of esters is 1. The summed E-state index contributed by atoms with van der Waals surface area (Å²) in [5.41, 5.74) is 3.00. The van der Waals surface area contributed by atoms with Gasteiger partial charge in [0.2, 0.25) is 5.78 Å². The number of ether oxygens (including phenoxy) is 1. The minimum atomic E-state index is -0.660. The number of halogens is 2. The zero-order valence-electron chi connectivity index (χ0n) is 13.4. The van der Waals surface area contributed by atoms with Crippen molar-refractivity contribution >= 4 is 45.9 Å². The van der Waals surface area contributed by atoms with Crippen molar-refractivity contribution in [2.75, 3.05) is 20.7 Å². The lowest BCUT2D eigenvalue weighted by Gasteiger charge is -2.13. The lowest BCUT2D eigenvalue weighted by molar-refractivity contribution is -0.138. The van der Waals surface area contributed by atoms with Crippen LogP contribution >= 0.6 is 34.2 Å². The third-order valence-corrected chi connectivity index (χ3v) is 3.84. The Balaban J connectivity index is 3.07. The van der Waals surface area contributed by atoms with Crippen LogP contribution in [0.1, 0.15) is 30.1 Å². The number of hydrazine groups is 1. The lowest BCUT2D eigenvalue weighted by atomic mass is 10.0. The Kier molecular flexibility index (Phi) is 8.57. The molecule has 0 amide bonds. The Morgan fingerprint density at radius 1 is 1.39 bits per heavy atom. The summed E-state index contributed by atoms with van der Waals surface area (Å²) in [6, 6.07) is 5.07. The smallest absolute Gasteiger partial charge is 0.343 e. The van der Waals surface area contributed by atoms with Gasteiger partial charge in [-0.15, -0.1) is 0 Å². The Labute approximate surface area is 155 Å². The molecular formula is C16H20ClIN2O3. The van der Waals surface area contributed by atoms with Gasteiger partial charge in [-0.05, 0) is 47.2 Å². The fraction of sp³-hybridized carbons (Fsp3) is 0.375. The molecule has 1 N–H and O–H groups in total. The molecule has 7 heteroatoms. The summed E-state index contributed by atoms with van der Waals surface area (Å²) in [5, 5.41) is 1.91. The molecule has 23 heavy (non-hydrogen) atoms. The van der Waals surface area contributed by atoms with Crippen LogP contribution in [-0.4, -0.2) is 37.5 Å². The second-order valence-electron chi connectivity index (χ2n) is 5.02. The molecule has 0 aliphatic heterocycles. The Morgan fingerprint density at radius 3 is 2.70 bits per heavy atom. The van der Waals surface area contributed by atoms with Crippen LogP contribution in [0.4, 0.5) is 0 Å². The third-order valence-electron chi connectivity index (χ3n) is 2.84. The predicted octanol–water partition coefficient (Wildman–Crippen LogP) is 3.42. The van der Waals surface area contributed by atoms with Gasteiger partial charge >= 0.3 is 5.97 Å². The summed E-state index contributed by atoms with van der Waals surface area (Å²) in [7, 11) is 3.50. The Hall–Kier alpha value is -1.12. The van der Waals surface area contributed by atoms with E-state index < -0.39 is 11.8 Å². The molecule has 1 aromatic rings. The first-order valence-corrected chi connectivity index (χ1v) is 8.63. The second kappa shape index (κ2) is 9.89. The molecule has 1 rings (SSSR count). The van der Waals surface area contributed by atoms with Gasteiger partial charge in [0.25, 0.3) is 0 Å². The van der Waals surface area contributed by atoms with Gasteiger partial charge in [-0.3, -0.25) is 4.79 Å². The molecule has 0 saturated carbocycles. The molecule has 0 saturated heterocycles. The number of nitrogens with zero attached hydrogens (tertiary/aromatic N) is 1. The first kappa shape index (κ1) is 19.9. The number of nitrogens with one attached hydrogen (secondary N) is 1. The highest BCUT2D eigenvalue weighted by Gasteiger charge is 2.23. The van der Waals surface area contributed by atoms with Crippen LogP contribution in [-0.2, 0) is 9.53 Å². The number of carbonyl (C=O) groups is 2. The minimum absolute atomic E-state index is 0.0845. The van der Waals surface area contributed by atoms with Crippen molar-refractivity contribution < 1.29 is 14.3 Å². The van der Waals surface area contributed by atoms with E-state index in [2.05, 4.69) is 28.0 Å². The zero-order chi connectivity index (χ0) is 17.4. The van der Waals surface area contributed by atoms with Gasteiger partial charge in [-0.25, -0.2) is 9.80 Å². The van der Waals surface area contributed by atoms with Crippen molar-refractivity contribution in [2.24, 2.45) is 0 Å². The maximum Gasteiger partial charge on any atom is 0.343 e. The largest absolute Gasteiger partial charge is 0.462 e. The van der Waals surface area contributed by atoms with E-state index in [1.54, 1.807) is 37.3 Å². The van der Waals surface area contributed by atoms with Crippen LogP contribution in [0, 0.1) is 3.57 Å². The van der Waals surface area contributed by atoms with Crippen molar-refractivity contribution in [2.45, 2.75) is 19.8 Å². The topological polar surface area (TPSA) is 58.6 Å². The number of Topliss-reactive ketones (excluding diaryl/α,β-unsaturated/α-hetero) is 1. The van der Waals surface area contributed by atoms with Crippen molar-refractivity contribution in [3.05, 3.63) is 44.1 Å². The third kappa shape index (κ3) is 6.48. The first-order chi connectivity index (χ1) is 10.9. The van der Waals surface area contributed by atoms with Gasteiger partial charge in [0.05, 0.1) is 11.6 Å². The van der Waals surface area contributed by atoms with E-state index in [4.69, 9.17) is 16.3 Å².